The molecular weight excluding hydrogens is 228 g/mol. The van der Waals surface area contributed by atoms with Crippen molar-refractivity contribution in [3.05, 3.63) is 11.8 Å². The molecule has 0 aliphatic heterocycles. The topological polar surface area (TPSA) is 70.1 Å². The zero-order valence-corrected chi connectivity index (χ0v) is 11.1. The van der Waals surface area contributed by atoms with Crippen molar-refractivity contribution in [1.29, 1.82) is 0 Å². The van der Waals surface area contributed by atoms with Crippen LogP contribution < -0.4 is 10.6 Å². The maximum atomic E-state index is 9.25. The number of nitrogens with zero attached hydrogens (tertiary/aromatic N) is 2. The predicted octanol–water partition coefficient (Wildman–Crippen LogP) is 1.79. The molecule has 1 saturated carbocycles. The van der Waals surface area contributed by atoms with Gasteiger partial charge in [-0.15, -0.1) is 0 Å². The van der Waals surface area contributed by atoms with Crippen molar-refractivity contribution >= 4 is 11.8 Å². The average molecular weight is 250 g/mol. The Morgan fingerprint density at radius 1 is 1.39 bits per heavy atom. The molecule has 0 radical (unpaired) electrons. The van der Waals surface area contributed by atoms with E-state index >= 15 is 0 Å². The van der Waals surface area contributed by atoms with Crippen molar-refractivity contribution in [2.75, 3.05) is 23.7 Å². The van der Waals surface area contributed by atoms with Crippen LogP contribution in [0, 0.1) is 12.8 Å². The molecule has 100 valence electrons. The summed E-state index contributed by atoms with van der Waals surface area (Å²) in [5, 5.41) is 15.8. The molecule has 1 heterocycles. The standard InChI is InChI=1S/C13H22N4O/c1-3-4-14-13-16-7-9(2)12(17-13)15-8-10-5-11(18)6-10/h7,10-11,18H,3-6,8H2,1-2H3,(H2,14,15,16,17). The number of aromatic nitrogens is 2. The van der Waals surface area contributed by atoms with E-state index in [-0.39, 0.29) is 6.10 Å². The summed E-state index contributed by atoms with van der Waals surface area (Å²) in [6.07, 6.45) is 4.60. The van der Waals surface area contributed by atoms with E-state index in [0.29, 0.717) is 11.9 Å². The van der Waals surface area contributed by atoms with E-state index in [1.54, 1.807) is 0 Å². The Labute approximate surface area is 108 Å². The second kappa shape index (κ2) is 6.00. The van der Waals surface area contributed by atoms with E-state index in [1.165, 1.54) is 0 Å². The third-order valence-electron chi connectivity index (χ3n) is 3.27. The number of anilines is 2. The van der Waals surface area contributed by atoms with Gasteiger partial charge in [-0.25, -0.2) is 4.98 Å². The summed E-state index contributed by atoms with van der Waals surface area (Å²) in [5.41, 5.74) is 1.05. The lowest BCUT2D eigenvalue weighted by atomic mass is 9.82. The summed E-state index contributed by atoms with van der Waals surface area (Å²) in [5.74, 6) is 2.14. The lowest BCUT2D eigenvalue weighted by Gasteiger charge is -2.31. The van der Waals surface area contributed by atoms with Gasteiger partial charge in [0.1, 0.15) is 5.82 Å². The van der Waals surface area contributed by atoms with Gasteiger partial charge < -0.3 is 15.7 Å². The minimum absolute atomic E-state index is 0.0925. The third-order valence-corrected chi connectivity index (χ3v) is 3.27. The molecule has 1 aliphatic carbocycles. The van der Waals surface area contributed by atoms with E-state index in [1.807, 2.05) is 13.1 Å². The van der Waals surface area contributed by atoms with Crippen molar-refractivity contribution in [2.45, 2.75) is 39.2 Å². The minimum atomic E-state index is -0.0925. The van der Waals surface area contributed by atoms with Crippen LogP contribution in [0.5, 0.6) is 0 Å². The molecule has 0 bridgehead atoms. The molecule has 1 aromatic heterocycles. The zero-order valence-electron chi connectivity index (χ0n) is 11.1. The molecule has 1 aromatic rings. The average Bonchev–Trinajstić information content (AvgIpc) is 2.33. The van der Waals surface area contributed by atoms with Crippen LogP contribution in [0.4, 0.5) is 11.8 Å². The Balaban J connectivity index is 1.89. The van der Waals surface area contributed by atoms with Crippen molar-refractivity contribution in [2.24, 2.45) is 5.92 Å². The van der Waals surface area contributed by atoms with Crippen molar-refractivity contribution in [3.63, 3.8) is 0 Å². The van der Waals surface area contributed by atoms with E-state index in [4.69, 9.17) is 0 Å². The van der Waals surface area contributed by atoms with Crippen molar-refractivity contribution in [3.8, 4) is 0 Å². The number of aliphatic hydroxyl groups is 1. The summed E-state index contributed by atoms with van der Waals surface area (Å²) in [6, 6.07) is 0. The quantitative estimate of drug-likeness (QED) is 0.718. The molecule has 18 heavy (non-hydrogen) atoms. The molecule has 0 saturated heterocycles. The first-order chi connectivity index (χ1) is 8.69. The summed E-state index contributed by atoms with van der Waals surface area (Å²) in [7, 11) is 0. The SMILES string of the molecule is CCCNc1ncc(C)c(NCC2CC(O)C2)n1. The van der Waals surface area contributed by atoms with Crippen LogP contribution in [0.1, 0.15) is 31.7 Å². The molecule has 3 N–H and O–H groups in total. The van der Waals surface area contributed by atoms with Gasteiger partial charge in [-0.3, -0.25) is 0 Å². The Morgan fingerprint density at radius 3 is 2.83 bits per heavy atom. The first-order valence-electron chi connectivity index (χ1n) is 6.68. The largest absolute Gasteiger partial charge is 0.393 e. The normalized spacial score (nSPS) is 22.4. The fraction of sp³-hybridized carbons (Fsp3) is 0.692. The van der Waals surface area contributed by atoms with Gasteiger partial charge in [0.05, 0.1) is 6.10 Å². The van der Waals surface area contributed by atoms with Crippen LogP contribution in [0.15, 0.2) is 6.20 Å². The monoisotopic (exact) mass is 250 g/mol. The summed E-state index contributed by atoms with van der Waals surface area (Å²) < 4.78 is 0. The first kappa shape index (κ1) is 13.1. The second-order valence-corrected chi connectivity index (χ2v) is 5.02. The molecule has 0 amide bonds. The van der Waals surface area contributed by atoms with Gasteiger partial charge in [-0.2, -0.15) is 4.98 Å². The highest BCUT2D eigenvalue weighted by Crippen LogP contribution is 2.27. The van der Waals surface area contributed by atoms with Crippen molar-refractivity contribution in [1.82, 2.24) is 9.97 Å². The molecule has 1 fully saturated rings. The predicted molar refractivity (Wildman–Crippen MR) is 72.8 cm³/mol. The van der Waals surface area contributed by atoms with Crippen LogP contribution in [-0.2, 0) is 0 Å². The first-order valence-corrected chi connectivity index (χ1v) is 6.68. The molecule has 0 atom stereocenters. The number of hydrogen-bond acceptors (Lipinski definition) is 5. The Bertz CT molecular complexity index is 391. The van der Waals surface area contributed by atoms with Crippen LogP contribution in [-0.4, -0.2) is 34.3 Å². The summed E-state index contributed by atoms with van der Waals surface area (Å²) in [4.78, 5) is 8.71. The molecule has 0 spiro atoms. The third kappa shape index (κ3) is 3.32. The Kier molecular flexibility index (Phi) is 4.36. The van der Waals surface area contributed by atoms with E-state index in [2.05, 4.69) is 27.5 Å². The molecule has 2 rings (SSSR count). The number of hydrogen-bond donors (Lipinski definition) is 3. The summed E-state index contributed by atoms with van der Waals surface area (Å²) in [6.45, 7) is 5.88. The lowest BCUT2D eigenvalue weighted by Crippen LogP contribution is -2.33. The molecule has 5 heteroatoms. The number of nitrogens with one attached hydrogen (secondary N) is 2. The van der Waals surface area contributed by atoms with E-state index in [0.717, 1.165) is 43.7 Å². The number of aliphatic hydroxyl groups excluding tert-OH is 1. The Morgan fingerprint density at radius 2 is 2.17 bits per heavy atom. The molecular formula is C13H22N4O. The molecule has 0 aromatic carbocycles. The molecule has 1 aliphatic rings. The minimum Gasteiger partial charge on any atom is -0.393 e. The van der Waals surface area contributed by atoms with Gasteiger partial charge in [-0.05, 0) is 32.1 Å². The molecule has 0 unspecified atom stereocenters. The second-order valence-electron chi connectivity index (χ2n) is 5.02. The zero-order chi connectivity index (χ0) is 13.0. The number of rotatable bonds is 6. The van der Waals surface area contributed by atoms with Crippen LogP contribution in [0.3, 0.4) is 0 Å². The van der Waals surface area contributed by atoms with E-state index < -0.39 is 0 Å². The van der Waals surface area contributed by atoms with Gasteiger partial charge in [-0.1, -0.05) is 6.92 Å². The number of aryl methyl sites for hydroxylation is 1. The van der Waals surface area contributed by atoms with Crippen LogP contribution in [0.2, 0.25) is 0 Å². The summed E-state index contributed by atoms with van der Waals surface area (Å²) >= 11 is 0. The van der Waals surface area contributed by atoms with Crippen LogP contribution >= 0.6 is 0 Å². The highest BCUT2D eigenvalue weighted by atomic mass is 16.3. The molecule has 5 nitrogen and oxygen atoms in total. The van der Waals surface area contributed by atoms with Crippen LogP contribution in [0.25, 0.3) is 0 Å². The maximum Gasteiger partial charge on any atom is 0.224 e. The van der Waals surface area contributed by atoms with Gasteiger partial charge in [0.2, 0.25) is 5.95 Å². The van der Waals surface area contributed by atoms with Crippen molar-refractivity contribution < 1.29 is 5.11 Å². The smallest absolute Gasteiger partial charge is 0.224 e. The highest BCUT2D eigenvalue weighted by molar-refractivity contribution is 5.46. The maximum absolute atomic E-state index is 9.25. The van der Waals surface area contributed by atoms with Gasteiger partial charge in [0, 0.05) is 24.8 Å². The van der Waals surface area contributed by atoms with Gasteiger partial charge in [0.25, 0.3) is 0 Å². The van der Waals surface area contributed by atoms with Gasteiger partial charge >= 0.3 is 0 Å². The highest BCUT2D eigenvalue weighted by Gasteiger charge is 2.26. The fourth-order valence-corrected chi connectivity index (χ4v) is 2.05. The van der Waals surface area contributed by atoms with Gasteiger partial charge in [0.15, 0.2) is 0 Å². The van der Waals surface area contributed by atoms with E-state index in [9.17, 15) is 5.11 Å². The lowest BCUT2D eigenvalue weighted by molar-refractivity contribution is 0.0486. The Hall–Kier alpha value is -1.36. The fourth-order valence-electron chi connectivity index (χ4n) is 2.05.